The van der Waals surface area contributed by atoms with E-state index in [2.05, 4.69) is 25.3 Å². The van der Waals surface area contributed by atoms with Gasteiger partial charge in [-0.1, -0.05) is 19.1 Å². The van der Waals surface area contributed by atoms with Gasteiger partial charge < -0.3 is 20.1 Å². The molecule has 0 spiro atoms. The van der Waals surface area contributed by atoms with Gasteiger partial charge in [-0.05, 0) is 25.0 Å². The highest BCUT2D eigenvalue weighted by Gasteiger charge is 2.12. The minimum Gasteiger partial charge on any atom is -0.493 e. The van der Waals surface area contributed by atoms with Crippen molar-refractivity contribution in [2.24, 2.45) is 0 Å². The van der Waals surface area contributed by atoms with Gasteiger partial charge in [0, 0.05) is 19.3 Å². The number of ether oxygens (including phenoxy) is 1. The van der Waals surface area contributed by atoms with Crippen LogP contribution in [-0.2, 0) is 0 Å². The summed E-state index contributed by atoms with van der Waals surface area (Å²) in [6.45, 7) is 3.22. The Morgan fingerprint density at radius 2 is 2.12 bits per heavy atom. The van der Waals surface area contributed by atoms with E-state index in [1.54, 1.807) is 0 Å². The first-order valence-corrected chi connectivity index (χ1v) is 8.57. The van der Waals surface area contributed by atoms with Gasteiger partial charge in [0.1, 0.15) is 17.0 Å². The number of anilines is 1. The monoisotopic (exact) mass is 355 g/mol. The fourth-order valence-electron chi connectivity index (χ4n) is 2.42. The lowest BCUT2D eigenvalue weighted by atomic mass is 10.2. The Hall–Kier alpha value is -3.00. The van der Waals surface area contributed by atoms with Crippen molar-refractivity contribution >= 4 is 17.0 Å². The van der Waals surface area contributed by atoms with E-state index < -0.39 is 0 Å². The van der Waals surface area contributed by atoms with Gasteiger partial charge in [-0.15, -0.1) is 0 Å². The van der Waals surface area contributed by atoms with E-state index >= 15 is 0 Å². The molecule has 1 aromatic carbocycles. The number of aliphatic hydroxyl groups excluding tert-OH is 1. The van der Waals surface area contributed by atoms with Crippen LogP contribution in [0.5, 0.6) is 5.75 Å². The lowest BCUT2D eigenvalue weighted by molar-refractivity contribution is 0.292. The Balaban J connectivity index is 2.01. The van der Waals surface area contributed by atoms with Crippen LogP contribution in [0.4, 0.5) is 5.95 Å². The summed E-state index contributed by atoms with van der Waals surface area (Å²) in [5.41, 5.74) is 0.695. The molecule has 0 aliphatic carbocycles. The summed E-state index contributed by atoms with van der Waals surface area (Å²) in [5.74, 6) is 1.42. The predicted molar refractivity (Wildman–Crippen MR) is 99.4 cm³/mol. The van der Waals surface area contributed by atoms with Gasteiger partial charge in [-0.3, -0.25) is 4.79 Å². The average Bonchev–Trinajstić information content (AvgIpc) is 2.66. The van der Waals surface area contributed by atoms with Crippen LogP contribution < -0.4 is 15.6 Å². The van der Waals surface area contributed by atoms with Gasteiger partial charge >= 0.3 is 0 Å². The second-order valence-corrected chi connectivity index (χ2v) is 5.69. The van der Waals surface area contributed by atoms with E-state index in [4.69, 9.17) is 9.84 Å². The number of nitrogens with one attached hydrogen (secondary N) is 2. The van der Waals surface area contributed by atoms with Gasteiger partial charge in [0.15, 0.2) is 5.65 Å². The Morgan fingerprint density at radius 1 is 1.27 bits per heavy atom. The number of benzene rings is 1. The zero-order chi connectivity index (χ0) is 18.4. The van der Waals surface area contributed by atoms with Gasteiger partial charge in [0.25, 0.3) is 5.56 Å². The standard InChI is InChI=1S/C18H21N5O3/c1-2-10-26-14-7-4-3-6-12(14)15-21-16-13(17(25)22-15)11-20-18(23-16)19-8-5-9-24/h3-4,6-7,11,24H,2,5,8-10H2,1H3,(H2,19,20,21,22,23,25). The Kier molecular flexibility index (Phi) is 5.75. The number of hydrogen-bond acceptors (Lipinski definition) is 7. The van der Waals surface area contributed by atoms with Crippen molar-refractivity contribution in [3.05, 3.63) is 40.8 Å². The van der Waals surface area contributed by atoms with E-state index in [1.165, 1.54) is 6.20 Å². The molecule has 3 rings (SSSR count). The molecule has 0 fully saturated rings. The number of para-hydroxylation sites is 1. The molecule has 0 radical (unpaired) electrons. The predicted octanol–water partition coefficient (Wildman–Crippen LogP) is 1.96. The van der Waals surface area contributed by atoms with E-state index in [9.17, 15) is 4.79 Å². The number of rotatable bonds is 8. The summed E-state index contributed by atoms with van der Waals surface area (Å²) in [6, 6.07) is 7.42. The van der Waals surface area contributed by atoms with Crippen molar-refractivity contribution < 1.29 is 9.84 Å². The van der Waals surface area contributed by atoms with E-state index in [1.807, 2.05) is 31.2 Å². The average molecular weight is 355 g/mol. The largest absolute Gasteiger partial charge is 0.493 e. The third-order valence-corrected chi connectivity index (χ3v) is 3.68. The lowest BCUT2D eigenvalue weighted by Crippen LogP contribution is -2.13. The normalized spacial score (nSPS) is 10.8. The number of hydrogen-bond donors (Lipinski definition) is 3. The molecule has 3 aromatic rings. The Morgan fingerprint density at radius 3 is 2.92 bits per heavy atom. The zero-order valence-corrected chi connectivity index (χ0v) is 14.5. The number of fused-ring (bicyclic) bond motifs is 1. The summed E-state index contributed by atoms with van der Waals surface area (Å²) in [6.07, 6.45) is 2.91. The highest BCUT2D eigenvalue weighted by atomic mass is 16.5. The Labute approximate surface area is 150 Å². The third-order valence-electron chi connectivity index (χ3n) is 3.68. The van der Waals surface area contributed by atoms with Crippen LogP contribution in [0.2, 0.25) is 0 Å². The van der Waals surface area contributed by atoms with Crippen LogP contribution in [-0.4, -0.2) is 44.8 Å². The van der Waals surface area contributed by atoms with Crippen molar-refractivity contribution in [2.75, 3.05) is 25.1 Å². The highest BCUT2D eigenvalue weighted by Crippen LogP contribution is 2.27. The molecule has 0 saturated heterocycles. The molecular formula is C18H21N5O3. The van der Waals surface area contributed by atoms with Crippen molar-refractivity contribution in [1.82, 2.24) is 19.9 Å². The second kappa shape index (κ2) is 8.39. The zero-order valence-electron chi connectivity index (χ0n) is 14.5. The molecule has 0 atom stereocenters. The van der Waals surface area contributed by atoms with Crippen LogP contribution >= 0.6 is 0 Å². The minimum atomic E-state index is -0.308. The second-order valence-electron chi connectivity index (χ2n) is 5.69. The highest BCUT2D eigenvalue weighted by molar-refractivity contribution is 5.77. The van der Waals surface area contributed by atoms with Crippen LogP contribution in [0.1, 0.15) is 19.8 Å². The molecule has 26 heavy (non-hydrogen) atoms. The molecule has 0 unspecified atom stereocenters. The Bertz CT molecular complexity index is 942. The van der Waals surface area contributed by atoms with Gasteiger partial charge in [0.2, 0.25) is 5.95 Å². The van der Waals surface area contributed by atoms with Crippen molar-refractivity contribution in [2.45, 2.75) is 19.8 Å². The van der Waals surface area contributed by atoms with Gasteiger partial charge in [-0.2, -0.15) is 4.98 Å². The smallest absolute Gasteiger partial charge is 0.262 e. The minimum absolute atomic E-state index is 0.0805. The first-order chi connectivity index (χ1) is 12.7. The first-order valence-electron chi connectivity index (χ1n) is 8.57. The molecule has 2 heterocycles. The summed E-state index contributed by atoms with van der Waals surface area (Å²) < 4.78 is 5.75. The van der Waals surface area contributed by atoms with Gasteiger partial charge in [-0.25, -0.2) is 9.97 Å². The molecule has 8 nitrogen and oxygen atoms in total. The summed E-state index contributed by atoms with van der Waals surface area (Å²) in [5, 5.41) is 12.2. The molecular weight excluding hydrogens is 334 g/mol. The van der Waals surface area contributed by atoms with Gasteiger partial charge in [0.05, 0.1) is 12.2 Å². The number of H-pyrrole nitrogens is 1. The molecule has 3 N–H and O–H groups in total. The number of aromatic nitrogens is 4. The molecule has 0 aliphatic heterocycles. The van der Waals surface area contributed by atoms with Crippen LogP contribution in [0, 0.1) is 0 Å². The lowest BCUT2D eigenvalue weighted by Gasteiger charge is -2.10. The summed E-state index contributed by atoms with van der Waals surface area (Å²) in [4.78, 5) is 28.1. The van der Waals surface area contributed by atoms with Crippen molar-refractivity contribution in [3.8, 4) is 17.1 Å². The summed E-state index contributed by atoms with van der Waals surface area (Å²) >= 11 is 0. The number of nitrogens with zero attached hydrogens (tertiary/aromatic N) is 3. The molecule has 0 saturated carbocycles. The molecule has 8 heteroatoms. The molecule has 0 aliphatic rings. The topological polar surface area (TPSA) is 113 Å². The molecule has 2 aromatic heterocycles. The quantitative estimate of drug-likeness (QED) is 0.529. The fourth-order valence-corrected chi connectivity index (χ4v) is 2.42. The molecule has 0 bridgehead atoms. The number of aromatic amines is 1. The SMILES string of the molecule is CCCOc1ccccc1-c1nc2nc(NCCCO)ncc2c(=O)[nH]1. The van der Waals surface area contributed by atoms with Crippen LogP contribution in [0.15, 0.2) is 35.3 Å². The van der Waals surface area contributed by atoms with Crippen molar-refractivity contribution in [3.63, 3.8) is 0 Å². The van der Waals surface area contributed by atoms with Crippen LogP contribution in [0.3, 0.4) is 0 Å². The molecule has 136 valence electrons. The number of aliphatic hydroxyl groups is 1. The third kappa shape index (κ3) is 3.97. The fraction of sp³-hybridized carbons (Fsp3) is 0.333. The maximum atomic E-state index is 12.4. The van der Waals surface area contributed by atoms with E-state index in [0.29, 0.717) is 53.7 Å². The maximum absolute atomic E-state index is 12.4. The van der Waals surface area contributed by atoms with E-state index in [-0.39, 0.29) is 12.2 Å². The summed E-state index contributed by atoms with van der Waals surface area (Å²) in [7, 11) is 0. The van der Waals surface area contributed by atoms with E-state index in [0.717, 1.165) is 6.42 Å². The van der Waals surface area contributed by atoms with Crippen LogP contribution in [0.25, 0.3) is 22.4 Å². The first kappa shape index (κ1) is 17.8. The van der Waals surface area contributed by atoms with Crippen molar-refractivity contribution in [1.29, 1.82) is 0 Å². The molecule has 0 amide bonds. The maximum Gasteiger partial charge on any atom is 0.262 e.